The Hall–Kier alpha value is -2.80. The van der Waals surface area contributed by atoms with E-state index in [1.165, 1.54) is 25.3 Å². The Kier molecular flexibility index (Phi) is 6.59. The molecule has 3 N–H and O–H groups in total. The summed E-state index contributed by atoms with van der Waals surface area (Å²) in [6, 6.07) is 9.02. The Labute approximate surface area is 145 Å². The van der Waals surface area contributed by atoms with E-state index >= 15 is 0 Å². The van der Waals surface area contributed by atoms with Crippen molar-refractivity contribution >= 4 is 11.7 Å². The van der Waals surface area contributed by atoms with Crippen LogP contribution in [0.2, 0.25) is 0 Å². The van der Waals surface area contributed by atoms with E-state index in [4.69, 9.17) is 14.6 Å². The number of amides is 2. The number of hydrogen-bond acceptors (Lipinski definition) is 4. The Morgan fingerprint density at radius 2 is 2.00 bits per heavy atom. The largest absolute Gasteiger partial charge is 0.493 e. The summed E-state index contributed by atoms with van der Waals surface area (Å²) in [6.07, 6.45) is 0. The molecule has 25 heavy (non-hydrogen) atoms. The Bertz CT molecular complexity index is 737. The van der Waals surface area contributed by atoms with Crippen LogP contribution in [-0.4, -0.2) is 31.5 Å². The summed E-state index contributed by atoms with van der Waals surface area (Å²) < 4.78 is 23.7. The van der Waals surface area contributed by atoms with E-state index in [1.807, 2.05) is 0 Å². The molecule has 0 aliphatic heterocycles. The van der Waals surface area contributed by atoms with Crippen molar-refractivity contribution in [1.82, 2.24) is 5.32 Å². The molecule has 0 saturated heterocycles. The van der Waals surface area contributed by atoms with Crippen molar-refractivity contribution < 1.29 is 23.8 Å². The third-order valence-corrected chi connectivity index (χ3v) is 3.47. The van der Waals surface area contributed by atoms with E-state index in [0.29, 0.717) is 22.7 Å². The average molecular weight is 348 g/mol. The van der Waals surface area contributed by atoms with Gasteiger partial charge in [0.25, 0.3) is 0 Å². The quantitative estimate of drug-likeness (QED) is 0.719. The number of benzene rings is 2. The van der Waals surface area contributed by atoms with Crippen molar-refractivity contribution in [1.29, 1.82) is 0 Å². The number of carbonyl (C=O) groups excluding carboxylic acids is 1. The number of rotatable bonds is 7. The third-order valence-electron chi connectivity index (χ3n) is 3.47. The maximum atomic E-state index is 13.1. The number of urea groups is 1. The van der Waals surface area contributed by atoms with Crippen LogP contribution in [0.4, 0.5) is 14.9 Å². The first-order chi connectivity index (χ1) is 12.0. The Morgan fingerprint density at radius 1 is 1.20 bits per heavy atom. The first kappa shape index (κ1) is 18.5. The molecule has 0 fully saturated rings. The number of halogens is 1. The second kappa shape index (κ2) is 8.89. The maximum absolute atomic E-state index is 13.1. The molecule has 0 saturated carbocycles. The van der Waals surface area contributed by atoms with Gasteiger partial charge in [0, 0.05) is 12.2 Å². The summed E-state index contributed by atoms with van der Waals surface area (Å²) in [6.45, 7) is 2.08. The molecular formula is C18H21FN2O4. The fraction of sp³-hybridized carbons (Fsp3) is 0.278. The van der Waals surface area contributed by atoms with Crippen molar-refractivity contribution in [3.8, 4) is 11.5 Å². The summed E-state index contributed by atoms with van der Waals surface area (Å²) in [5, 5.41) is 14.2. The van der Waals surface area contributed by atoms with Crippen LogP contribution in [-0.2, 0) is 6.54 Å². The molecule has 0 aliphatic carbocycles. The Morgan fingerprint density at radius 3 is 2.68 bits per heavy atom. The first-order valence-corrected chi connectivity index (χ1v) is 7.75. The number of methoxy groups -OCH3 is 1. The minimum Gasteiger partial charge on any atom is -0.493 e. The van der Waals surface area contributed by atoms with Crippen LogP contribution >= 0.6 is 0 Å². The first-order valence-electron chi connectivity index (χ1n) is 7.75. The molecule has 2 aromatic carbocycles. The lowest BCUT2D eigenvalue weighted by Gasteiger charge is -2.13. The van der Waals surface area contributed by atoms with E-state index < -0.39 is 6.03 Å². The highest BCUT2D eigenvalue weighted by molar-refractivity contribution is 5.90. The average Bonchev–Trinajstić information content (AvgIpc) is 2.60. The molecular weight excluding hydrogens is 327 g/mol. The molecule has 2 amide bonds. The molecule has 6 nitrogen and oxygen atoms in total. The maximum Gasteiger partial charge on any atom is 0.319 e. The van der Waals surface area contributed by atoms with Gasteiger partial charge in [-0.05, 0) is 48.4 Å². The molecule has 0 atom stereocenters. The molecule has 0 spiro atoms. The van der Waals surface area contributed by atoms with E-state index in [1.54, 1.807) is 25.1 Å². The van der Waals surface area contributed by atoms with Gasteiger partial charge < -0.3 is 25.2 Å². The molecule has 2 aromatic rings. The van der Waals surface area contributed by atoms with Crippen LogP contribution in [0.3, 0.4) is 0 Å². The Balaban J connectivity index is 1.94. The highest BCUT2D eigenvalue weighted by Gasteiger charge is 2.08. The lowest BCUT2D eigenvalue weighted by Crippen LogP contribution is -2.28. The van der Waals surface area contributed by atoms with Gasteiger partial charge in [0.1, 0.15) is 12.4 Å². The summed E-state index contributed by atoms with van der Waals surface area (Å²) in [4.78, 5) is 12.0. The standard InChI is InChI=1S/C18H21FN2O4/c1-12-9-14(19)4-5-15(12)21-18(23)20-11-13-3-6-16(25-8-7-22)17(10-13)24-2/h3-6,9-10,22H,7-8,11H2,1-2H3,(H2,20,21,23). The van der Waals surface area contributed by atoms with Gasteiger partial charge in [-0.15, -0.1) is 0 Å². The molecule has 134 valence electrons. The van der Waals surface area contributed by atoms with E-state index in [9.17, 15) is 9.18 Å². The summed E-state index contributed by atoms with van der Waals surface area (Å²) in [5.41, 5.74) is 2.01. The number of carbonyl (C=O) groups is 1. The van der Waals surface area contributed by atoms with Crippen LogP contribution in [0.25, 0.3) is 0 Å². The predicted molar refractivity (Wildman–Crippen MR) is 92.6 cm³/mol. The third kappa shape index (κ3) is 5.36. The fourth-order valence-corrected chi connectivity index (χ4v) is 2.21. The number of aliphatic hydroxyl groups is 1. The minimum absolute atomic E-state index is 0.0879. The molecule has 7 heteroatoms. The highest BCUT2D eigenvalue weighted by atomic mass is 19.1. The van der Waals surface area contributed by atoms with E-state index in [2.05, 4.69) is 10.6 Å². The number of hydrogen-bond donors (Lipinski definition) is 3. The number of nitrogens with one attached hydrogen (secondary N) is 2. The van der Waals surface area contributed by atoms with Crippen LogP contribution in [0.1, 0.15) is 11.1 Å². The van der Waals surface area contributed by atoms with Crippen molar-refractivity contribution in [2.75, 3.05) is 25.6 Å². The molecule has 0 aromatic heterocycles. The predicted octanol–water partition coefficient (Wildman–Crippen LogP) is 2.84. The summed E-state index contributed by atoms with van der Waals surface area (Å²) in [5.74, 6) is 0.688. The van der Waals surface area contributed by atoms with Gasteiger partial charge in [-0.2, -0.15) is 0 Å². The highest BCUT2D eigenvalue weighted by Crippen LogP contribution is 2.28. The van der Waals surface area contributed by atoms with Gasteiger partial charge in [-0.25, -0.2) is 9.18 Å². The molecule has 0 bridgehead atoms. The zero-order chi connectivity index (χ0) is 18.2. The summed E-state index contributed by atoms with van der Waals surface area (Å²) >= 11 is 0. The van der Waals surface area contributed by atoms with Crippen LogP contribution in [0.5, 0.6) is 11.5 Å². The number of aryl methyl sites for hydroxylation is 1. The lowest BCUT2D eigenvalue weighted by molar-refractivity contribution is 0.196. The van der Waals surface area contributed by atoms with Crippen molar-refractivity contribution in [2.45, 2.75) is 13.5 Å². The molecule has 0 unspecified atom stereocenters. The normalized spacial score (nSPS) is 10.2. The zero-order valence-corrected chi connectivity index (χ0v) is 14.1. The van der Waals surface area contributed by atoms with Crippen molar-refractivity contribution in [2.24, 2.45) is 0 Å². The monoisotopic (exact) mass is 348 g/mol. The van der Waals surface area contributed by atoms with Crippen molar-refractivity contribution in [3.63, 3.8) is 0 Å². The van der Waals surface area contributed by atoms with Gasteiger partial charge in [-0.1, -0.05) is 6.07 Å². The van der Waals surface area contributed by atoms with Crippen LogP contribution in [0.15, 0.2) is 36.4 Å². The van der Waals surface area contributed by atoms with E-state index in [-0.39, 0.29) is 25.6 Å². The van der Waals surface area contributed by atoms with Gasteiger partial charge >= 0.3 is 6.03 Å². The van der Waals surface area contributed by atoms with E-state index in [0.717, 1.165) is 5.56 Å². The second-order valence-corrected chi connectivity index (χ2v) is 5.32. The molecule has 0 heterocycles. The van der Waals surface area contributed by atoms with Crippen molar-refractivity contribution in [3.05, 3.63) is 53.3 Å². The summed E-state index contributed by atoms with van der Waals surface area (Å²) in [7, 11) is 1.52. The van der Waals surface area contributed by atoms with Gasteiger partial charge in [0.15, 0.2) is 11.5 Å². The number of ether oxygens (including phenoxy) is 2. The molecule has 0 radical (unpaired) electrons. The minimum atomic E-state index is -0.394. The fourth-order valence-electron chi connectivity index (χ4n) is 2.21. The zero-order valence-electron chi connectivity index (χ0n) is 14.1. The van der Waals surface area contributed by atoms with Crippen LogP contribution in [0, 0.1) is 12.7 Å². The van der Waals surface area contributed by atoms with Gasteiger partial charge in [0.2, 0.25) is 0 Å². The second-order valence-electron chi connectivity index (χ2n) is 5.32. The lowest BCUT2D eigenvalue weighted by atomic mass is 10.2. The molecule has 0 aliphatic rings. The number of anilines is 1. The molecule has 2 rings (SSSR count). The SMILES string of the molecule is COc1cc(CNC(=O)Nc2ccc(F)cc2C)ccc1OCCO. The number of aliphatic hydroxyl groups excluding tert-OH is 1. The van der Waals surface area contributed by atoms with Crippen LogP contribution < -0.4 is 20.1 Å². The van der Waals surface area contributed by atoms with Gasteiger partial charge in [-0.3, -0.25) is 0 Å². The topological polar surface area (TPSA) is 79.8 Å². The van der Waals surface area contributed by atoms with Gasteiger partial charge in [0.05, 0.1) is 13.7 Å². The smallest absolute Gasteiger partial charge is 0.319 e.